The van der Waals surface area contributed by atoms with Crippen LogP contribution in [0.4, 0.5) is 28.8 Å². The van der Waals surface area contributed by atoms with Crippen LogP contribution in [-0.4, -0.2) is 90.4 Å². The van der Waals surface area contributed by atoms with Crippen molar-refractivity contribution in [3.63, 3.8) is 0 Å². The summed E-state index contributed by atoms with van der Waals surface area (Å²) in [5, 5.41) is 7.64. The van der Waals surface area contributed by atoms with Gasteiger partial charge >= 0.3 is 0 Å². The van der Waals surface area contributed by atoms with Crippen molar-refractivity contribution >= 4 is 72.3 Å². The largest absolute Gasteiger partial charge is 0.489 e. The first-order valence-corrected chi connectivity index (χ1v) is 16.8. The minimum Gasteiger partial charge on any atom is -0.489 e. The van der Waals surface area contributed by atoms with Crippen LogP contribution in [0.15, 0.2) is 42.6 Å². The Kier molecular flexibility index (Phi) is 8.67. The van der Waals surface area contributed by atoms with Crippen LogP contribution >= 0.6 is 32.2 Å². The Labute approximate surface area is 258 Å². The molecule has 1 amide bonds. The number of para-hydroxylation sites is 1. The summed E-state index contributed by atoms with van der Waals surface area (Å²) in [5.74, 6) is 1.80. The number of likely N-dealkylation sites (tertiary alicyclic amines) is 1. The number of piperazine rings is 1. The molecular formula is C29H37ClN7O3PS. The van der Waals surface area contributed by atoms with Crippen molar-refractivity contribution in [3.05, 3.63) is 53.2 Å². The Morgan fingerprint density at radius 1 is 1.10 bits per heavy atom. The van der Waals surface area contributed by atoms with E-state index in [9.17, 15) is 9.36 Å². The number of aryl methyl sites for hydroxylation is 1. The summed E-state index contributed by atoms with van der Waals surface area (Å²) in [4.78, 5) is 27.5. The molecule has 0 unspecified atom stereocenters. The van der Waals surface area contributed by atoms with Gasteiger partial charge in [0.15, 0.2) is 5.82 Å². The summed E-state index contributed by atoms with van der Waals surface area (Å²) in [7, 11) is -2.51. The van der Waals surface area contributed by atoms with Crippen molar-refractivity contribution in [1.82, 2.24) is 19.8 Å². The quantitative estimate of drug-likeness (QED) is 0.384. The van der Waals surface area contributed by atoms with E-state index in [2.05, 4.69) is 43.4 Å². The number of fused-ring (bicyclic) bond motifs is 3. The molecule has 3 aromatic rings. The number of amides is 1. The van der Waals surface area contributed by atoms with Gasteiger partial charge in [0.2, 0.25) is 11.9 Å². The second-order valence-corrected chi connectivity index (χ2v) is 15.0. The van der Waals surface area contributed by atoms with Gasteiger partial charge in [-0.05, 0) is 44.0 Å². The van der Waals surface area contributed by atoms with Crippen LogP contribution in [0.5, 0.6) is 5.75 Å². The van der Waals surface area contributed by atoms with E-state index in [1.54, 1.807) is 26.5 Å². The molecule has 10 nitrogen and oxygen atoms in total. The molecule has 3 aliphatic rings. The van der Waals surface area contributed by atoms with Crippen LogP contribution < -0.4 is 25.6 Å². The molecule has 42 heavy (non-hydrogen) atoms. The standard InChI is InChI=1S/C29H35ClN7O3P.H2S/c1-18-11-20(32-29-31-13-23(30)28(34-29)33-24-7-5-6-8-26(24)41(3,4)39)12-25-27(18)37-10-9-35(16-22(37)17-40-25)21-14-36(15-21)19(2)38;/h5-8,11-13,21-22H,9-10,14-17H2,1-4H3,(H2,31,32,33,34);1H2/t22-;/m0./s1. The zero-order valence-corrected chi connectivity index (χ0v) is 26.9. The van der Waals surface area contributed by atoms with Crippen molar-refractivity contribution in [3.8, 4) is 5.75 Å². The fourth-order valence-corrected chi connectivity index (χ4v) is 7.19. The number of aromatic nitrogens is 2. The lowest BCUT2D eigenvalue weighted by atomic mass is 10.0. The summed E-state index contributed by atoms with van der Waals surface area (Å²) >= 11 is 6.43. The van der Waals surface area contributed by atoms with Crippen LogP contribution in [0.3, 0.4) is 0 Å². The third-order valence-electron chi connectivity index (χ3n) is 8.06. The van der Waals surface area contributed by atoms with E-state index < -0.39 is 7.14 Å². The van der Waals surface area contributed by atoms with Gasteiger partial charge in [-0.1, -0.05) is 23.7 Å². The predicted molar refractivity (Wildman–Crippen MR) is 175 cm³/mol. The number of carbonyl (C=O) groups excluding carboxylic acids is 1. The van der Waals surface area contributed by atoms with Crippen LogP contribution in [0, 0.1) is 6.92 Å². The van der Waals surface area contributed by atoms with Crippen LogP contribution in [-0.2, 0) is 9.36 Å². The monoisotopic (exact) mass is 629 g/mol. The molecule has 2 aromatic carbocycles. The first-order chi connectivity index (χ1) is 19.6. The molecule has 4 heterocycles. The van der Waals surface area contributed by atoms with Crippen molar-refractivity contribution in [2.24, 2.45) is 0 Å². The molecular weight excluding hydrogens is 593 g/mol. The molecule has 6 rings (SSSR count). The molecule has 2 saturated heterocycles. The number of rotatable bonds is 6. The summed E-state index contributed by atoms with van der Waals surface area (Å²) in [6, 6.07) is 12.3. The summed E-state index contributed by atoms with van der Waals surface area (Å²) in [6.45, 7) is 12.3. The van der Waals surface area contributed by atoms with E-state index >= 15 is 0 Å². The number of ether oxygens (including phenoxy) is 1. The highest BCUT2D eigenvalue weighted by atomic mass is 35.5. The van der Waals surface area contributed by atoms with E-state index in [0.29, 0.717) is 35.1 Å². The zero-order valence-electron chi connectivity index (χ0n) is 24.2. The molecule has 13 heteroatoms. The molecule has 2 N–H and O–H groups in total. The summed E-state index contributed by atoms with van der Waals surface area (Å²) in [5.41, 5.74) is 3.76. The van der Waals surface area contributed by atoms with Crippen molar-refractivity contribution in [1.29, 1.82) is 0 Å². The molecule has 1 atom stereocenters. The Bertz CT molecular complexity index is 1550. The van der Waals surface area contributed by atoms with E-state index in [0.717, 1.165) is 60.7 Å². The molecule has 0 saturated carbocycles. The Morgan fingerprint density at radius 3 is 2.60 bits per heavy atom. The van der Waals surface area contributed by atoms with E-state index in [-0.39, 0.29) is 25.4 Å². The summed E-state index contributed by atoms with van der Waals surface area (Å²) in [6.07, 6.45) is 1.54. The van der Waals surface area contributed by atoms with Gasteiger partial charge in [-0.25, -0.2) is 4.98 Å². The van der Waals surface area contributed by atoms with Gasteiger partial charge in [0.25, 0.3) is 0 Å². The zero-order chi connectivity index (χ0) is 28.9. The second kappa shape index (κ2) is 12.0. The molecule has 0 aliphatic carbocycles. The molecule has 224 valence electrons. The Morgan fingerprint density at radius 2 is 1.86 bits per heavy atom. The minimum absolute atomic E-state index is 0. The molecule has 0 spiro atoms. The van der Waals surface area contributed by atoms with Gasteiger partial charge in [0.05, 0.1) is 23.6 Å². The molecule has 1 aromatic heterocycles. The van der Waals surface area contributed by atoms with Gasteiger partial charge in [-0.2, -0.15) is 18.5 Å². The maximum atomic E-state index is 12.8. The number of halogens is 1. The lowest BCUT2D eigenvalue weighted by Gasteiger charge is -2.52. The first-order valence-electron chi connectivity index (χ1n) is 13.8. The maximum Gasteiger partial charge on any atom is 0.229 e. The molecule has 2 fully saturated rings. The lowest BCUT2D eigenvalue weighted by Crippen LogP contribution is -2.67. The number of benzene rings is 2. The highest BCUT2D eigenvalue weighted by molar-refractivity contribution is 7.70. The average molecular weight is 630 g/mol. The number of nitrogens with zero attached hydrogens (tertiary/aromatic N) is 5. The molecule has 0 bridgehead atoms. The van der Waals surface area contributed by atoms with Crippen molar-refractivity contribution in [2.45, 2.75) is 25.9 Å². The molecule has 0 radical (unpaired) electrons. The van der Waals surface area contributed by atoms with E-state index in [4.69, 9.17) is 16.3 Å². The van der Waals surface area contributed by atoms with Crippen LogP contribution in [0.2, 0.25) is 5.02 Å². The number of anilines is 5. The predicted octanol–water partition coefficient (Wildman–Crippen LogP) is 4.40. The van der Waals surface area contributed by atoms with Crippen molar-refractivity contribution < 1.29 is 14.1 Å². The second-order valence-electron chi connectivity index (χ2n) is 11.4. The number of nitrogens with one attached hydrogen (secondary N) is 2. The normalized spacial score (nSPS) is 18.6. The third-order valence-corrected chi connectivity index (χ3v) is 9.89. The smallest absolute Gasteiger partial charge is 0.229 e. The van der Waals surface area contributed by atoms with Gasteiger partial charge < -0.3 is 29.7 Å². The molecule has 3 aliphatic heterocycles. The number of carbonyl (C=O) groups is 1. The van der Waals surface area contributed by atoms with Gasteiger partial charge in [0.1, 0.15) is 24.5 Å². The number of hydrogen-bond donors (Lipinski definition) is 2. The van der Waals surface area contributed by atoms with Crippen LogP contribution in [0.25, 0.3) is 0 Å². The fraction of sp³-hybridized carbons (Fsp3) is 0.414. The Balaban J connectivity index is 0.00000353. The topological polar surface area (TPSA) is 103 Å². The SMILES string of the molecule is CC(=O)N1CC(N2CCN3c4c(C)cc(Nc5ncc(Cl)c(Nc6ccccc6P(C)(C)=O)n5)cc4OC[C@@H]3C2)C1.S. The number of hydrogen-bond acceptors (Lipinski definition) is 9. The highest BCUT2D eigenvalue weighted by Gasteiger charge is 2.40. The van der Waals surface area contributed by atoms with E-state index in [1.165, 1.54) is 0 Å². The lowest BCUT2D eigenvalue weighted by molar-refractivity contribution is -0.136. The maximum absolute atomic E-state index is 12.8. The van der Waals surface area contributed by atoms with Gasteiger partial charge in [-0.3, -0.25) is 9.69 Å². The third kappa shape index (κ3) is 6.06. The Hall–Kier alpha value is -2.98. The minimum atomic E-state index is -2.51. The van der Waals surface area contributed by atoms with Gasteiger partial charge in [0, 0.05) is 62.7 Å². The van der Waals surface area contributed by atoms with E-state index in [1.807, 2.05) is 35.2 Å². The van der Waals surface area contributed by atoms with Crippen molar-refractivity contribution in [2.75, 3.05) is 68.2 Å². The van der Waals surface area contributed by atoms with Crippen LogP contribution in [0.1, 0.15) is 12.5 Å². The fourth-order valence-electron chi connectivity index (χ4n) is 5.90. The first kappa shape index (κ1) is 30.5. The summed E-state index contributed by atoms with van der Waals surface area (Å²) < 4.78 is 19.1. The average Bonchev–Trinajstić information content (AvgIpc) is 2.89. The highest BCUT2D eigenvalue weighted by Crippen LogP contribution is 2.42. The van der Waals surface area contributed by atoms with Gasteiger partial charge in [-0.15, -0.1) is 0 Å².